The maximum absolute atomic E-state index is 13.3. The van der Waals surface area contributed by atoms with Gasteiger partial charge in [0.05, 0.1) is 11.9 Å². The monoisotopic (exact) mass is 431 g/mol. The Bertz CT molecular complexity index is 1230. The predicted molar refractivity (Wildman–Crippen MR) is 125 cm³/mol. The van der Waals surface area contributed by atoms with Gasteiger partial charge in [0.1, 0.15) is 10.6 Å². The van der Waals surface area contributed by atoms with Gasteiger partial charge in [0.2, 0.25) is 0 Å². The number of unbranched alkanes of at least 4 members (excludes halogenated alkanes) is 1. The van der Waals surface area contributed by atoms with E-state index in [2.05, 4.69) is 16.7 Å². The Labute approximate surface area is 183 Å². The van der Waals surface area contributed by atoms with E-state index in [-0.39, 0.29) is 4.90 Å². The number of nitrogens with one attached hydrogen (secondary N) is 1. The molecular weight excluding hydrogens is 406 g/mol. The van der Waals surface area contributed by atoms with E-state index in [1.165, 1.54) is 5.56 Å². The van der Waals surface area contributed by atoms with Gasteiger partial charge in [-0.1, -0.05) is 74.0 Å². The molecule has 158 valence electrons. The third-order valence-electron chi connectivity index (χ3n) is 5.06. The summed E-state index contributed by atoms with van der Waals surface area (Å²) < 4.78 is 31.0. The van der Waals surface area contributed by atoms with Gasteiger partial charge in [-0.15, -0.1) is 0 Å². The summed E-state index contributed by atoms with van der Waals surface area (Å²) in [6.07, 6.45) is 4.80. The molecule has 6 heteroatoms. The maximum atomic E-state index is 13.3. The molecule has 0 fully saturated rings. The highest BCUT2D eigenvalue weighted by atomic mass is 32.2. The largest absolute Gasteiger partial charge is 0.280 e. The number of aromatic nitrogens is 2. The SMILES string of the molecule is CCCCc1ccc(NS(=O)(=O)c2cn(-c3ccccc3)nc2-c2ccccc2)cc1. The standard InChI is InChI=1S/C25H25N3O2S/c1-2-3-10-20-15-17-22(18-16-20)27-31(29,30)24-19-28(23-13-8-5-9-14-23)26-25(24)21-11-6-4-7-12-21/h4-9,11-19,27H,2-3,10H2,1H3. The topological polar surface area (TPSA) is 64.0 Å². The van der Waals surface area contributed by atoms with E-state index >= 15 is 0 Å². The fraction of sp³-hybridized carbons (Fsp3) is 0.160. The lowest BCUT2D eigenvalue weighted by Gasteiger charge is -2.09. The highest BCUT2D eigenvalue weighted by molar-refractivity contribution is 7.92. The molecule has 1 aromatic heterocycles. The van der Waals surface area contributed by atoms with Crippen molar-refractivity contribution >= 4 is 15.7 Å². The number of anilines is 1. The molecular formula is C25H25N3O2S. The molecule has 0 atom stereocenters. The summed E-state index contributed by atoms with van der Waals surface area (Å²) in [6, 6.07) is 26.4. The van der Waals surface area contributed by atoms with Crippen molar-refractivity contribution in [3.8, 4) is 16.9 Å². The molecule has 5 nitrogen and oxygen atoms in total. The molecule has 0 aliphatic heterocycles. The summed E-state index contributed by atoms with van der Waals surface area (Å²) >= 11 is 0. The van der Waals surface area contributed by atoms with Gasteiger partial charge in [0.25, 0.3) is 10.0 Å². The summed E-state index contributed by atoms with van der Waals surface area (Å²) in [5.74, 6) is 0. The number of aryl methyl sites for hydroxylation is 1. The normalized spacial score (nSPS) is 11.4. The van der Waals surface area contributed by atoms with E-state index in [9.17, 15) is 8.42 Å². The first-order valence-corrected chi connectivity index (χ1v) is 11.9. The minimum Gasteiger partial charge on any atom is -0.280 e. The Kier molecular flexibility index (Phi) is 6.18. The summed E-state index contributed by atoms with van der Waals surface area (Å²) in [7, 11) is -3.84. The predicted octanol–water partition coefficient (Wildman–Crippen LogP) is 5.68. The van der Waals surface area contributed by atoms with E-state index in [1.807, 2.05) is 84.9 Å². The Hall–Kier alpha value is -3.38. The third-order valence-corrected chi connectivity index (χ3v) is 6.45. The molecule has 0 amide bonds. The molecule has 4 aromatic rings. The molecule has 0 unspecified atom stereocenters. The van der Waals surface area contributed by atoms with Crippen LogP contribution in [0.3, 0.4) is 0 Å². The summed E-state index contributed by atoms with van der Waals surface area (Å²) in [5.41, 5.74) is 3.68. The van der Waals surface area contributed by atoms with Crippen LogP contribution in [0.15, 0.2) is 96.0 Å². The van der Waals surface area contributed by atoms with E-state index in [0.29, 0.717) is 11.4 Å². The number of hydrogen-bond donors (Lipinski definition) is 1. The first-order chi connectivity index (χ1) is 15.1. The molecule has 1 N–H and O–H groups in total. The van der Waals surface area contributed by atoms with Crippen LogP contribution in [-0.4, -0.2) is 18.2 Å². The van der Waals surface area contributed by atoms with Crippen molar-refractivity contribution in [2.45, 2.75) is 31.1 Å². The quantitative estimate of drug-likeness (QED) is 0.390. The number of rotatable bonds is 8. The Morgan fingerprint density at radius 2 is 1.52 bits per heavy atom. The summed E-state index contributed by atoms with van der Waals surface area (Å²) in [5, 5.41) is 4.60. The molecule has 1 heterocycles. The van der Waals surface area contributed by atoms with Crippen LogP contribution >= 0.6 is 0 Å². The van der Waals surface area contributed by atoms with Crippen LogP contribution in [0.4, 0.5) is 5.69 Å². The van der Waals surface area contributed by atoms with Gasteiger partial charge < -0.3 is 0 Å². The molecule has 0 saturated carbocycles. The van der Waals surface area contributed by atoms with E-state index < -0.39 is 10.0 Å². The summed E-state index contributed by atoms with van der Waals surface area (Å²) in [4.78, 5) is 0.137. The lowest BCUT2D eigenvalue weighted by molar-refractivity contribution is 0.601. The smallest absolute Gasteiger partial charge is 0.265 e. The fourth-order valence-electron chi connectivity index (χ4n) is 3.39. The van der Waals surface area contributed by atoms with Crippen molar-refractivity contribution in [2.24, 2.45) is 0 Å². The lowest BCUT2D eigenvalue weighted by Crippen LogP contribution is -2.13. The van der Waals surface area contributed by atoms with E-state index in [1.54, 1.807) is 10.9 Å². The summed E-state index contributed by atoms with van der Waals surface area (Å²) in [6.45, 7) is 2.16. The van der Waals surface area contributed by atoms with Gasteiger partial charge in [0.15, 0.2) is 0 Å². The van der Waals surface area contributed by atoms with Crippen LogP contribution in [0, 0.1) is 0 Å². The highest BCUT2D eigenvalue weighted by Gasteiger charge is 2.24. The zero-order valence-corrected chi connectivity index (χ0v) is 18.2. The van der Waals surface area contributed by atoms with Gasteiger partial charge in [-0.2, -0.15) is 5.10 Å². The van der Waals surface area contributed by atoms with Crippen molar-refractivity contribution < 1.29 is 8.42 Å². The molecule has 31 heavy (non-hydrogen) atoms. The molecule has 4 rings (SSSR count). The fourth-order valence-corrected chi connectivity index (χ4v) is 4.60. The number of para-hydroxylation sites is 1. The van der Waals surface area contributed by atoms with Gasteiger partial charge in [-0.05, 0) is 42.7 Å². The second-order valence-corrected chi connectivity index (χ2v) is 9.04. The van der Waals surface area contributed by atoms with Crippen molar-refractivity contribution in [3.05, 3.63) is 96.7 Å². The van der Waals surface area contributed by atoms with Crippen LogP contribution in [0.25, 0.3) is 16.9 Å². The van der Waals surface area contributed by atoms with Crippen molar-refractivity contribution in [1.29, 1.82) is 0 Å². The zero-order chi connectivity index (χ0) is 21.7. The van der Waals surface area contributed by atoms with Crippen LogP contribution in [0.5, 0.6) is 0 Å². The van der Waals surface area contributed by atoms with Crippen LogP contribution in [0.1, 0.15) is 25.3 Å². The highest BCUT2D eigenvalue weighted by Crippen LogP contribution is 2.29. The second-order valence-electron chi connectivity index (χ2n) is 7.39. The van der Waals surface area contributed by atoms with Crippen molar-refractivity contribution in [3.63, 3.8) is 0 Å². The average Bonchev–Trinajstić information content (AvgIpc) is 3.26. The Balaban J connectivity index is 1.70. The minimum atomic E-state index is -3.84. The van der Waals surface area contributed by atoms with Crippen LogP contribution in [0.2, 0.25) is 0 Å². The Morgan fingerprint density at radius 1 is 0.871 bits per heavy atom. The minimum absolute atomic E-state index is 0.137. The van der Waals surface area contributed by atoms with E-state index in [4.69, 9.17) is 0 Å². The molecule has 0 aliphatic carbocycles. The van der Waals surface area contributed by atoms with Crippen LogP contribution < -0.4 is 4.72 Å². The number of hydrogen-bond acceptors (Lipinski definition) is 3. The number of sulfonamides is 1. The molecule has 0 aliphatic rings. The lowest BCUT2D eigenvalue weighted by atomic mass is 10.1. The van der Waals surface area contributed by atoms with Crippen LogP contribution in [-0.2, 0) is 16.4 Å². The van der Waals surface area contributed by atoms with Gasteiger partial charge in [-0.25, -0.2) is 13.1 Å². The zero-order valence-electron chi connectivity index (χ0n) is 17.4. The molecule has 3 aromatic carbocycles. The van der Waals surface area contributed by atoms with Gasteiger partial charge in [-0.3, -0.25) is 4.72 Å². The van der Waals surface area contributed by atoms with E-state index in [0.717, 1.165) is 30.5 Å². The number of nitrogens with zero attached hydrogens (tertiary/aromatic N) is 2. The first kappa shape index (κ1) is 20.9. The molecule has 0 saturated heterocycles. The van der Waals surface area contributed by atoms with Crippen molar-refractivity contribution in [2.75, 3.05) is 4.72 Å². The third kappa shape index (κ3) is 4.86. The molecule has 0 spiro atoms. The van der Waals surface area contributed by atoms with Crippen molar-refractivity contribution in [1.82, 2.24) is 9.78 Å². The maximum Gasteiger partial charge on any atom is 0.265 e. The van der Waals surface area contributed by atoms with Gasteiger partial charge >= 0.3 is 0 Å². The Morgan fingerprint density at radius 3 is 2.16 bits per heavy atom. The van der Waals surface area contributed by atoms with Gasteiger partial charge in [0, 0.05) is 11.3 Å². The second kappa shape index (κ2) is 9.18. The first-order valence-electron chi connectivity index (χ1n) is 10.4. The number of benzene rings is 3. The molecule has 0 bridgehead atoms. The average molecular weight is 432 g/mol. The molecule has 0 radical (unpaired) electrons.